The van der Waals surface area contributed by atoms with Crippen LogP contribution in [-0.4, -0.2) is 31.0 Å². The quantitative estimate of drug-likeness (QED) is 0.148. The Morgan fingerprint density at radius 3 is 1.71 bits per heavy atom. The maximum absolute atomic E-state index is 12.5. The summed E-state index contributed by atoms with van der Waals surface area (Å²) >= 11 is 0. The number of hydrogen-bond acceptors (Lipinski definition) is 8. The lowest BCUT2D eigenvalue weighted by atomic mass is 10.0. The van der Waals surface area contributed by atoms with Crippen LogP contribution in [0.5, 0.6) is 17.2 Å². The molecule has 0 heterocycles. The molecule has 0 spiro atoms. The Labute approximate surface area is 220 Å². The average Bonchev–Trinajstić information content (AvgIpc) is 2.89. The summed E-state index contributed by atoms with van der Waals surface area (Å²) in [6.07, 6.45) is 0.273. The fourth-order valence-corrected chi connectivity index (χ4v) is 3.21. The molecule has 0 fully saturated rings. The average molecular weight is 515 g/mol. The van der Waals surface area contributed by atoms with Crippen LogP contribution in [0, 0.1) is 0 Å². The SMILES string of the molecule is C=C(C)C(=O)Oc1cc(CCOC(=O)c2ccc(-c3ccc(OC=O)cc3)cc2)cc(OC(=O)C(=C)C)c1. The number of ether oxygens (including phenoxy) is 4. The molecule has 0 bridgehead atoms. The first kappa shape index (κ1) is 27.6. The fourth-order valence-electron chi connectivity index (χ4n) is 3.21. The fraction of sp³-hybridized carbons (Fsp3) is 0.133. The molecule has 0 aliphatic heterocycles. The molecule has 0 unspecified atom stereocenters. The zero-order valence-electron chi connectivity index (χ0n) is 21.0. The second-order valence-electron chi connectivity index (χ2n) is 8.35. The first-order valence-corrected chi connectivity index (χ1v) is 11.5. The van der Waals surface area contributed by atoms with Gasteiger partial charge in [-0.25, -0.2) is 14.4 Å². The van der Waals surface area contributed by atoms with Crippen LogP contribution in [0.2, 0.25) is 0 Å². The molecule has 0 saturated heterocycles. The van der Waals surface area contributed by atoms with Gasteiger partial charge in [-0.2, -0.15) is 0 Å². The molecule has 0 aromatic heterocycles. The molecule has 194 valence electrons. The molecular weight excluding hydrogens is 488 g/mol. The summed E-state index contributed by atoms with van der Waals surface area (Å²) in [5.74, 6) is -1.01. The van der Waals surface area contributed by atoms with E-state index in [2.05, 4.69) is 13.2 Å². The highest BCUT2D eigenvalue weighted by Gasteiger charge is 2.13. The minimum absolute atomic E-state index is 0.0323. The topological polar surface area (TPSA) is 105 Å². The Balaban J connectivity index is 1.65. The van der Waals surface area contributed by atoms with Gasteiger partial charge in [-0.05, 0) is 66.9 Å². The molecule has 3 aromatic rings. The summed E-state index contributed by atoms with van der Waals surface area (Å²) in [6, 6.07) is 18.4. The number of benzene rings is 3. The van der Waals surface area contributed by atoms with E-state index in [1.165, 1.54) is 19.9 Å². The van der Waals surface area contributed by atoms with Gasteiger partial charge in [-0.15, -0.1) is 0 Å². The molecule has 0 aliphatic carbocycles. The van der Waals surface area contributed by atoms with Crippen LogP contribution in [-0.2, 0) is 25.5 Å². The van der Waals surface area contributed by atoms with Crippen LogP contribution in [0.25, 0.3) is 11.1 Å². The summed E-state index contributed by atoms with van der Waals surface area (Å²) in [4.78, 5) is 46.9. The summed E-state index contributed by atoms with van der Waals surface area (Å²) in [5.41, 5.74) is 3.16. The van der Waals surface area contributed by atoms with Crippen molar-refractivity contribution in [3.63, 3.8) is 0 Å². The van der Waals surface area contributed by atoms with Crippen LogP contribution in [0.3, 0.4) is 0 Å². The summed E-state index contributed by atoms with van der Waals surface area (Å²) in [6.45, 7) is 10.5. The second-order valence-corrected chi connectivity index (χ2v) is 8.35. The molecule has 0 amide bonds. The van der Waals surface area contributed by atoms with E-state index in [-0.39, 0.29) is 35.7 Å². The summed E-state index contributed by atoms with van der Waals surface area (Å²) in [7, 11) is 0. The van der Waals surface area contributed by atoms with Gasteiger partial charge in [0.15, 0.2) is 0 Å². The van der Waals surface area contributed by atoms with Gasteiger partial charge >= 0.3 is 17.9 Å². The van der Waals surface area contributed by atoms with Gasteiger partial charge in [0.25, 0.3) is 6.47 Å². The minimum Gasteiger partial charge on any atom is -0.462 e. The third-order valence-corrected chi connectivity index (χ3v) is 5.17. The number of carbonyl (C=O) groups excluding carboxylic acids is 4. The lowest BCUT2D eigenvalue weighted by Gasteiger charge is -2.11. The van der Waals surface area contributed by atoms with Crippen molar-refractivity contribution >= 4 is 24.4 Å². The number of esters is 3. The van der Waals surface area contributed by atoms with E-state index in [1.807, 2.05) is 0 Å². The highest BCUT2D eigenvalue weighted by Crippen LogP contribution is 2.26. The zero-order chi connectivity index (χ0) is 27.7. The molecule has 0 N–H and O–H groups in total. The third kappa shape index (κ3) is 7.76. The van der Waals surface area contributed by atoms with E-state index in [0.29, 0.717) is 23.3 Å². The van der Waals surface area contributed by atoms with Crippen LogP contribution in [0.15, 0.2) is 91.0 Å². The largest absolute Gasteiger partial charge is 0.462 e. The maximum Gasteiger partial charge on any atom is 0.338 e. The third-order valence-electron chi connectivity index (χ3n) is 5.17. The Hall–Kier alpha value is -4.98. The van der Waals surface area contributed by atoms with Gasteiger partial charge in [-0.3, -0.25) is 4.79 Å². The van der Waals surface area contributed by atoms with Gasteiger partial charge in [0.2, 0.25) is 0 Å². The minimum atomic E-state index is -0.626. The van der Waals surface area contributed by atoms with Crippen molar-refractivity contribution in [2.75, 3.05) is 6.61 Å². The molecule has 0 saturated carbocycles. The monoisotopic (exact) mass is 514 g/mol. The number of hydrogen-bond donors (Lipinski definition) is 0. The predicted octanol–water partition coefficient (Wildman–Crippen LogP) is 5.25. The highest BCUT2D eigenvalue weighted by atomic mass is 16.5. The molecule has 3 aromatic carbocycles. The van der Waals surface area contributed by atoms with Gasteiger partial charge in [-0.1, -0.05) is 37.4 Å². The van der Waals surface area contributed by atoms with Crippen LogP contribution < -0.4 is 14.2 Å². The smallest absolute Gasteiger partial charge is 0.338 e. The van der Waals surface area contributed by atoms with Gasteiger partial charge in [0.05, 0.1) is 12.2 Å². The first-order valence-electron chi connectivity index (χ1n) is 11.5. The van der Waals surface area contributed by atoms with E-state index in [1.54, 1.807) is 60.7 Å². The second kappa shape index (κ2) is 12.8. The van der Waals surface area contributed by atoms with Gasteiger partial charge in [0, 0.05) is 23.6 Å². The van der Waals surface area contributed by atoms with Crippen LogP contribution >= 0.6 is 0 Å². The van der Waals surface area contributed by atoms with E-state index in [0.717, 1.165) is 11.1 Å². The molecule has 8 nitrogen and oxygen atoms in total. The Morgan fingerprint density at radius 1 is 0.737 bits per heavy atom. The molecule has 8 heteroatoms. The normalized spacial score (nSPS) is 10.2. The van der Waals surface area contributed by atoms with Crippen LogP contribution in [0.4, 0.5) is 0 Å². The Kier molecular flexibility index (Phi) is 9.31. The van der Waals surface area contributed by atoms with Crippen molar-refractivity contribution in [3.05, 3.63) is 102 Å². The highest BCUT2D eigenvalue weighted by molar-refractivity contribution is 5.90. The molecule has 3 rings (SSSR count). The summed E-state index contributed by atoms with van der Waals surface area (Å²) in [5, 5.41) is 0. The number of carbonyl (C=O) groups is 4. The number of rotatable bonds is 11. The summed E-state index contributed by atoms with van der Waals surface area (Å²) < 4.78 is 20.8. The van der Waals surface area contributed by atoms with E-state index in [9.17, 15) is 19.2 Å². The standard InChI is InChI=1S/C30H26O8/c1-19(2)28(32)37-26-15-21(16-27(17-26)38-29(33)20(3)4)13-14-35-30(34)24-7-5-22(6-8-24)23-9-11-25(12-10-23)36-18-31/h5-12,15-18H,1,3,13-14H2,2,4H3. The van der Waals surface area contributed by atoms with Gasteiger partial charge in [0.1, 0.15) is 17.2 Å². The predicted molar refractivity (Wildman–Crippen MR) is 140 cm³/mol. The van der Waals surface area contributed by atoms with Crippen molar-refractivity contribution in [1.29, 1.82) is 0 Å². The van der Waals surface area contributed by atoms with Crippen molar-refractivity contribution < 1.29 is 38.1 Å². The van der Waals surface area contributed by atoms with Crippen molar-refractivity contribution in [1.82, 2.24) is 0 Å². The van der Waals surface area contributed by atoms with Crippen molar-refractivity contribution in [3.8, 4) is 28.4 Å². The van der Waals surface area contributed by atoms with E-state index < -0.39 is 17.9 Å². The maximum atomic E-state index is 12.5. The Morgan fingerprint density at radius 2 is 1.24 bits per heavy atom. The molecule has 38 heavy (non-hydrogen) atoms. The molecule has 0 atom stereocenters. The molecule has 0 radical (unpaired) electrons. The molecular formula is C30H26O8. The van der Waals surface area contributed by atoms with E-state index in [4.69, 9.17) is 18.9 Å². The Bertz CT molecular complexity index is 1320. The van der Waals surface area contributed by atoms with E-state index >= 15 is 0 Å². The van der Waals surface area contributed by atoms with Crippen molar-refractivity contribution in [2.24, 2.45) is 0 Å². The van der Waals surface area contributed by atoms with Crippen LogP contribution in [0.1, 0.15) is 29.8 Å². The van der Waals surface area contributed by atoms with Gasteiger partial charge < -0.3 is 18.9 Å². The van der Waals surface area contributed by atoms with Crippen molar-refractivity contribution in [2.45, 2.75) is 20.3 Å². The molecule has 0 aliphatic rings. The zero-order valence-corrected chi connectivity index (χ0v) is 21.0. The lowest BCUT2D eigenvalue weighted by Crippen LogP contribution is -2.12. The first-order chi connectivity index (χ1) is 18.2. The lowest BCUT2D eigenvalue weighted by molar-refractivity contribution is -0.130.